The van der Waals surface area contributed by atoms with E-state index in [4.69, 9.17) is 18.9 Å². The number of nitrogens with zero attached hydrogens (tertiary/aromatic N) is 2. The van der Waals surface area contributed by atoms with E-state index in [0.29, 0.717) is 28.8 Å². The van der Waals surface area contributed by atoms with E-state index in [0.717, 1.165) is 16.1 Å². The first-order valence-electron chi connectivity index (χ1n) is 7.48. The van der Waals surface area contributed by atoms with Gasteiger partial charge in [-0.1, -0.05) is 0 Å². The Labute approximate surface area is 150 Å². The van der Waals surface area contributed by atoms with Crippen molar-refractivity contribution < 1.29 is 18.9 Å². The number of aromatic nitrogens is 2. The summed E-state index contributed by atoms with van der Waals surface area (Å²) in [4.78, 5) is 4.63. The molecule has 0 aliphatic rings. The predicted octanol–water partition coefficient (Wildman–Crippen LogP) is 3.91. The van der Waals surface area contributed by atoms with Gasteiger partial charge in [0.15, 0.2) is 28.8 Å². The Bertz CT molecular complexity index is 809. The van der Waals surface area contributed by atoms with Crippen LogP contribution in [0.4, 0.5) is 0 Å². The third kappa shape index (κ3) is 3.36. The molecule has 1 heterocycles. The summed E-state index contributed by atoms with van der Waals surface area (Å²) in [6.45, 7) is 0. The molecule has 0 aliphatic heterocycles. The Hall–Kier alpha value is -2.80. The molecular formula is C18H18N2O4S. The molecule has 0 bridgehead atoms. The molecule has 0 spiro atoms. The molecule has 2 aromatic carbocycles. The van der Waals surface area contributed by atoms with Crippen molar-refractivity contribution in [2.24, 2.45) is 0 Å². The molecule has 1 aromatic heterocycles. The van der Waals surface area contributed by atoms with Crippen LogP contribution in [0.2, 0.25) is 0 Å². The number of ether oxygens (including phenoxy) is 4. The fourth-order valence-electron chi connectivity index (χ4n) is 2.40. The third-order valence-corrected chi connectivity index (χ3v) is 4.46. The van der Waals surface area contributed by atoms with E-state index in [1.807, 2.05) is 36.4 Å². The van der Waals surface area contributed by atoms with Crippen LogP contribution in [0.3, 0.4) is 0 Å². The van der Waals surface area contributed by atoms with Crippen LogP contribution in [0.5, 0.6) is 23.0 Å². The number of hydrogen-bond acceptors (Lipinski definition) is 7. The molecule has 0 saturated heterocycles. The molecule has 0 saturated carbocycles. The van der Waals surface area contributed by atoms with Crippen molar-refractivity contribution in [1.82, 2.24) is 9.36 Å². The van der Waals surface area contributed by atoms with E-state index < -0.39 is 0 Å². The van der Waals surface area contributed by atoms with E-state index in [1.165, 1.54) is 11.5 Å². The Morgan fingerprint density at radius 3 is 1.76 bits per heavy atom. The van der Waals surface area contributed by atoms with E-state index in [9.17, 15) is 0 Å². The average molecular weight is 358 g/mol. The largest absolute Gasteiger partial charge is 0.493 e. The summed E-state index contributed by atoms with van der Waals surface area (Å²) in [5, 5.41) is 0.797. The Kier molecular flexibility index (Phi) is 5.04. The van der Waals surface area contributed by atoms with Gasteiger partial charge in [-0.05, 0) is 47.9 Å². The highest BCUT2D eigenvalue weighted by molar-refractivity contribution is 7.09. The normalized spacial score (nSPS) is 10.4. The molecule has 0 N–H and O–H groups in total. The SMILES string of the molecule is COc1ccc(-c2nsc(-c3ccc(OC)c(OC)c3)n2)cc1OC. The summed E-state index contributed by atoms with van der Waals surface area (Å²) in [6, 6.07) is 11.3. The van der Waals surface area contributed by atoms with Crippen LogP contribution in [0.25, 0.3) is 22.0 Å². The van der Waals surface area contributed by atoms with Crippen LogP contribution in [-0.2, 0) is 0 Å². The Balaban J connectivity index is 1.95. The highest BCUT2D eigenvalue weighted by atomic mass is 32.1. The van der Waals surface area contributed by atoms with Gasteiger partial charge in [-0.25, -0.2) is 4.98 Å². The first-order chi connectivity index (χ1) is 12.2. The van der Waals surface area contributed by atoms with E-state index in [2.05, 4.69) is 9.36 Å². The lowest BCUT2D eigenvalue weighted by atomic mass is 10.2. The van der Waals surface area contributed by atoms with Gasteiger partial charge in [0.05, 0.1) is 28.4 Å². The minimum Gasteiger partial charge on any atom is -0.493 e. The van der Waals surface area contributed by atoms with Gasteiger partial charge in [0.1, 0.15) is 5.01 Å². The predicted molar refractivity (Wildman–Crippen MR) is 97.0 cm³/mol. The standard InChI is InChI=1S/C18H18N2O4S/c1-21-13-7-5-11(9-15(13)23-3)17-19-18(25-20-17)12-6-8-14(22-2)16(10-12)24-4/h5-10H,1-4H3. The minimum atomic E-state index is 0.635. The second-order valence-corrected chi connectivity index (χ2v) is 5.81. The third-order valence-electron chi connectivity index (χ3n) is 3.70. The van der Waals surface area contributed by atoms with E-state index in [1.54, 1.807) is 28.4 Å². The fourth-order valence-corrected chi connectivity index (χ4v) is 3.08. The molecule has 130 valence electrons. The topological polar surface area (TPSA) is 62.7 Å². The monoisotopic (exact) mass is 358 g/mol. The molecule has 0 unspecified atom stereocenters. The highest BCUT2D eigenvalue weighted by Crippen LogP contribution is 2.35. The average Bonchev–Trinajstić information content (AvgIpc) is 3.17. The van der Waals surface area contributed by atoms with Gasteiger partial charge in [-0.3, -0.25) is 0 Å². The lowest BCUT2D eigenvalue weighted by molar-refractivity contribution is 0.355. The van der Waals surface area contributed by atoms with Crippen molar-refractivity contribution in [1.29, 1.82) is 0 Å². The summed E-state index contributed by atoms with van der Waals surface area (Å²) < 4.78 is 25.7. The van der Waals surface area contributed by atoms with Gasteiger partial charge in [-0.15, -0.1) is 0 Å². The van der Waals surface area contributed by atoms with E-state index in [-0.39, 0.29) is 0 Å². The molecule has 0 fully saturated rings. The van der Waals surface area contributed by atoms with Gasteiger partial charge in [0, 0.05) is 11.1 Å². The fraction of sp³-hybridized carbons (Fsp3) is 0.222. The highest BCUT2D eigenvalue weighted by Gasteiger charge is 2.13. The van der Waals surface area contributed by atoms with Gasteiger partial charge < -0.3 is 18.9 Å². The maximum atomic E-state index is 5.35. The summed E-state index contributed by atoms with van der Waals surface area (Å²) in [5.74, 6) is 3.28. The molecule has 0 aliphatic carbocycles. The number of methoxy groups -OCH3 is 4. The molecule has 25 heavy (non-hydrogen) atoms. The smallest absolute Gasteiger partial charge is 0.173 e. The Morgan fingerprint density at radius 1 is 0.680 bits per heavy atom. The second-order valence-electron chi connectivity index (χ2n) is 5.06. The first-order valence-corrected chi connectivity index (χ1v) is 8.26. The maximum absolute atomic E-state index is 5.35. The summed E-state index contributed by atoms with van der Waals surface area (Å²) >= 11 is 1.32. The van der Waals surface area contributed by atoms with Crippen molar-refractivity contribution in [2.75, 3.05) is 28.4 Å². The van der Waals surface area contributed by atoms with Crippen molar-refractivity contribution in [3.63, 3.8) is 0 Å². The van der Waals surface area contributed by atoms with Crippen LogP contribution in [0.1, 0.15) is 0 Å². The zero-order chi connectivity index (χ0) is 17.8. The van der Waals surface area contributed by atoms with Crippen molar-refractivity contribution in [3.8, 4) is 45.0 Å². The lowest BCUT2D eigenvalue weighted by Crippen LogP contribution is -1.92. The van der Waals surface area contributed by atoms with Gasteiger partial charge in [0.2, 0.25) is 0 Å². The number of hydrogen-bond donors (Lipinski definition) is 0. The van der Waals surface area contributed by atoms with Crippen molar-refractivity contribution in [2.45, 2.75) is 0 Å². The number of rotatable bonds is 6. The number of benzene rings is 2. The molecule has 0 atom stereocenters. The van der Waals surface area contributed by atoms with E-state index >= 15 is 0 Å². The van der Waals surface area contributed by atoms with Crippen molar-refractivity contribution in [3.05, 3.63) is 36.4 Å². The van der Waals surface area contributed by atoms with Gasteiger partial charge >= 0.3 is 0 Å². The second kappa shape index (κ2) is 7.40. The molecule has 0 radical (unpaired) electrons. The van der Waals surface area contributed by atoms with Gasteiger partial charge in [0.25, 0.3) is 0 Å². The molecule has 7 heteroatoms. The van der Waals surface area contributed by atoms with Crippen LogP contribution >= 0.6 is 11.5 Å². The van der Waals surface area contributed by atoms with Crippen LogP contribution in [-0.4, -0.2) is 37.8 Å². The summed E-state index contributed by atoms with van der Waals surface area (Å²) in [7, 11) is 6.42. The summed E-state index contributed by atoms with van der Waals surface area (Å²) in [5.41, 5.74) is 1.78. The quantitative estimate of drug-likeness (QED) is 0.666. The lowest BCUT2D eigenvalue weighted by Gasteiger charge is -2.08. The van der Waals surface area contributed by atoms with Crippen LogP contribution < -0.4 is 18.9 Å². The maximum Gasteiger partial charge on any atom is 0.173 e. The zero-order valence-corrected chi connectivity index (χ0v) is 15.2. The minimum absolute atomic E-state index is 0.635. The first kappa shape index (κ1) is 17.0. The van der Waals surface area contributed by atoms with Crippen molar-refractivity contribution >= 4 is 11.5 Å². The molecular weight excluding hydrogens is 340 g/mol. The Morgan fingerprint density at radius 2 is 1.20 bits per heavy atom. The zero-order valence-electron chi connectivity index (χ0n) is 14.4. The van der Waals surface area contributed by atoms with Crippen LogP contribution in [0.15, 0.2) is 36.4 Å². The molecule has 0 amide bonds. The van der Waals surface area contributed by atoms with Gasteiger partial charge in [-0.2, -0.15) is 4.37 Å². The molecule has 3 rings (SSSR count). The molecule has 6 nitrogen and oxygen atoms in total. The van der Waals surface area contributed by atoms with Crippen LogP contribution in [0, 0.1) is 0 Å². The molecule has 3 aromatic rings. The summed E-state index contributed by atoms with van der Waals surface area (Å²) in [6.07, 6.45) is 0.